The Balaban J connectivity index is 1.88. The summed E-state index contributed by atoms with van der Waals surface area (Å²) in [6.07, 6.45) is 6.76. The van der Waals surface area contributed by atoms with Crippen LogP contribution in [0.1, 0.15) is 32.8 Å². The Morgan fingerprint density at radius 3 is 2.77 bits per heavy atom. The molecule has 0 aliphatic carbocycles. The Morgan fingerprint density at radius 2 is 2.08 bits per heavy atom. The molecule has 2 aromatic rings. The lowest BCUT2D eigenvalue weighted by molar-refractivity contribution is 0.722. The molecule has 0 bridgehead atoms. The molecule has 26 heavy (non-hydrogen) atoms. The zero-order valence-electron chi connectivity index (χ0n) is 15.8. The maximum absolute atomic E-state index is 4.49. The number of aliphatic imine (C=N–C) groups is 1. The summed E-state index contributed by atoms with van der Waals surface area (Å²) in [5, 5.41) is 9.67. The molecule has 2 heterocycles. The third-order valence-corrected chi connectivity index (χ3v) is 4.47. The number of anilines is 1. The van der Waals surface area contributed by atoms with Gasteiger partial charge in [0.05, 0.1) is 11.4 Å². The monoisotopic (exact) mass is 347 g/mol. The molecular weight excluding hydrogens is 322 g/mol. The molecule has 1 aliphatic rings. The predicted octanol–water partition coefficient (Wildman–Crippen LogP) is 4.39. The van der Waals surface area contributed by atoms with Crippen LogP contribution in [0.3, 0.4) is 0 Å². The standard InChI is InChI=1S/C21H25N5/c1-14-6-9-19(25-14)15(2)26-20-11-17-10-18(8-7-16(17)12-23-20)21(3,4)13-24-22-5/h7-13,22H,2,6H2,1,3-5H3,(H,23,26)/b24-13-. The van der Waals surface area contributed by atoms with Crippen LogP contribution in [0, 0.1) is 0 Å². The number of hydrogen-bond donors (Lipinski definition) is 2. The minimum Gasteiger partial charge on any atom is -0.339 e. The van der Waals surface area contributed by atoms with Gasteiger partial charge in [0, 0.05) is 42.4 Å². The van der Waals surface area contributed by atoms with Crippen molar-refractivity contribution in [2.45, 2.75) is 32.6 Å². The number of fused-ring (bicyclic) bond motifs is 1. The number of pyridine rings is 1. The number of allylic oxidation sites excluding steroid dienone is 1. The van der Waals surface area contributed by atoms with Crippen molar-refractivity contribution in [1.29, 1.82) is 0 Å². The van der Waals surface area contributed by atoms with Gasteiger partial charge in [-0.05, 0) is 23.9 Å². The van der Waals surface area contributed by atoms with E-state index >= 15 is 0 Å². The van der Waals surface area contributed by atoms with Crippen LogP contribution in [0.5, 0.6) is 0 Å². The summed E-state index contributed by atoms with van der Waals surface area (Å²) in [6.45, 7) is 10.4. The van der Waals surface area contributed by atoms with Crippen LogP contribution in [-0.4, -0.2) is 24.0 Å². The quantitative estimate of drug-likeness (QED) is 0.602. The molecule has 1 aliphatic heterocycles. The number of aromatic nitrogens is 1. The summed E-state index contributed by atoms with van der Waals surface area (Å²) < 4.78 is 0. The van der Waals surface area contributed by atoms with Gasteiger partial charge in [0.2, 0.25) is 0 Å². The average molecular weight is 347 g/mol. The van der Waals surface area contributed by atoms with Gasteiger partial charge in [0.1, 0.15) is 5.82 Å². The first-order valence-corrected chi connectivity index (χ1v) is 8.71. The molecule has 0 saturated heterocycles. The van der Waals surface area contributed by atoms with Crippen LogP contribution in [0.2, 0.25) is 0 Å². The second-order valence-corrected chi connectivity index (χ2v) is 7.08. The Hall–Kier alpha value is -2.95. The number of hydrazone groups is 1. The fraction of sp³-hybridized carbons (Fsp3) is 0.286. The molecule has 1 aromatic carbocycles. The van der Waals surface area contributed by atoms with E-state index in [1.165, 1.54) is 5.56 Å². The lowest BCUT2D eigenvalue weighted by atomic mass is 9.85. The molecule has 0 radical (unpaired) electrons. The molecule has 0 atom stereocenters. The van der Waals surface area contributed by atoms with Crippen molar-refractivity contribution >= 4 is 28.5 Å². The molecule has 0 unspecified atom stereocenters. The Morgan fingerprint density at radius 1 is 1.27 bits per heavy atom. The largest absolute Gasteiger partial charge is 0.339 e. The maximum atomic E-state index is 4.49. The van der Waals surface area contributed by atoms with E-state index in [0.717, 1.165) is 40.1 Å². The van der Waals surface area contributed by atoms with Gasteiger partial charge in [-0.2, -0.15) is 5.10 Å². The SMILES string of the molecule is C=C(Nc1cc2cc(C(C)(C)/C=N\NC)ccc2cn1)C1=CCC(C)=N1. The minimum absolute atomic E-state index is 0.168. The normalized spacial score (nSPS) is 14.5. The van der Waals surface area contributed by atoms with E-state index in [9.17, 15) is 0 Å². The second-order valence-electron chi connectivity index (χ2n) is 7.08. The van der Waals surface area contributed by atoms with Crippen LogP contribution in [0.25, 0.3) is 10.8 Å². The molecule has 2 N–H and O–H groups in total. The van der Waals surface area contributed by atoms with Gasteiger partial charge >= 0.3 is 0 Å². The number of nitrogens with one attached hydrogen (secondary N) is 2. The second kappa shape index (κ2) is 7.12. The van der Waals surface area contributed by atoms with Crippen molar-refractivity contribution in [3.8, 4) is 0 Å². The predicted molar refractivity (Wildman–Crippen MR) is 111 cm³/mol. The minimum atomic E-state index is -0.168. The third kappa shape index (κ3) is 3.82. The van der Waals surface area contributed by atoms with E-state index < -0.39 is 0 Å². The smallest absolute Gasteiger partial charge is 0.130 e. The highest BCUT2D eigenvalue weighted by molar-refractivity contribution is 5.88. The van der Waals surface area contributed by atoms with E-state index in [1.54, 1.807) is 7.05 Å². The Labute approximate surface area is 154 Å². The van der Waals surface area contributed by atoms with E-state index in [1.807, 2.05) is 25.4 Å². The van der Waals surface area contributed by atoms with Crippen molar-refractivity contribution in [2.24, 2.45) is 10.1 Å². The van der Waals surface area contributed by atoms with Crippen LogP contribution < -0.4 is 10.7 Å². The summed E-state index contributed by atoms with van der Waals surface area (Å²) in [5.74, 6) is 0.766. The summed E-state index contributed by atoms with van der Waals surface area (Å²) >= 11 is 0. The molecule has 0 saturated carbocycles. The van der Waals surface area contributed by atoms with E-state index in [2.05, 4.69) is 70.5 Å². The molecule has 5 nitrogen and oxygen atoms in total. The summed E-state index contributed by atoms with van der Waals surface area (Å²) in [7, 11) is 1.80. The van der Waals surface area contributed by atoms with Crippen LogP contribution >= 0.6 is 0 Å². The van der Waals surface area contributed by atoms with Crippen LogP contribution in [-0.2, 0) is 5.41 Å². The molecule has 1 aromatic heterocycles. The van der Waals surface area contributed by atoms with Crippen molar-refractivity contribution in [1.82, 2.24) is 10.4 Å². The number of hydrogen-bond acceptors (Lipinski definition) is 5. The van der Waals surface area contributed by atoms with E-state index in [4.69, 9.17) is 0 Å². The zero-order valence-corrected chi connectivity index (χ0v) is 15.8. The van der Waals surface area contributed by atoms with Crippen LogP contribution in [0.15, 0.2) is 64.6 Å². The fourth-order valence-electron chi connectivity index (χ4n) is 2.86. The van der Waals surface area contributed by atoms with Crippen molar-refractivity contribution in [2.75, 3.05) is 12.4 Å². The van der Waals surface area contributed by atoms with Gasteiger partial charge in [0.15, 0.2) is 0 Å². The van der Waals surface area contributed by atoms with E-state index in [0.29, 0.717) is 0 Å². The van der Waals surface area contributed by atoms with Gasteiger partial charge in [-0.1, -0.05) is 44.7 Å². The third-order valence-electron chi connectivity index (χ3n) is 4.47. The number of benzene rings is 1. The first-order valence-electron chi connectivity index (χ1n) is 8.71. The molecule has 0 amide bonds. The first-order chi connectivity index (χ1) is 12.4. The van der Waals surface area contributed by atoms with Gasteiger partial charge in [-0.3, -0.25) is 4.99 Å². The highest BCUT2D eigenvalue weighted by Gasteiger charge is 2.18. The summed E-state index contributed by atoms with van der Waals surface area (Å²) in [5.41, 5.74) is 6.60. The van der Waals surface area contributed by atoms with Gasteiger partial charge in [-0.25, -0.2) is 4.98 Å². The van der Waals surface area contributed by atoms with Gasteiger partial charge in [-0.15, -0.1) is 0 Å². The molecule has 3 rings (SSSR count). The lowest BCUT2D eigenvalue weighted by Crippen LogP contribution is -2.20. The molecule has 0 fully saturated rings. The summed E-state index contributed by atoms with van der Waals surface area (Å²) in [4.78, 5) is 8.98. The van der Waals surface area contributed by atoms with Gasteiger partial charge < -0.3 is 10.7 Å². The first kappa shape index (κ1) is 17.9. The highest BCUT2D eigenvalue weighted by Crippen LogP contribution is 2.27. The van der Waals surface area contributed by atoms with Gasteiger partial charge in [0.25, 0.3) is 0 Å². The lowest BCUT2D eigenvalue weighted by Gasteiger charge is -2.20. The Kier molecular flexibility index (Phi) is 4.89. The molecular formula is C21H25N5. The Bertz CT molecular complexity index is 935. The molecule has 134 valence electrons. The summed E-state index contributed by atoms with van der Waals surface area (Å²) in [6, 6.07) is 8.45. The van der Waals surface area contributed by atoms with Crippen molar-refractivity contribution in [3.05, 3.63) is 60.1 Å². The van der Waals surface area contributed by atoms with E-state index in [-0.39, 0.29) is 5.41 Å². The fourth-order valence-corrected chi connectivity index (χ4v) is 2.86. The number of nitrogens with zero attached hydrogens (tertiary/aromatic N) is 3. The molecule has 0 spiro atoms. The zero-order chi connectivity index (χ0) is 18.7. The highest BCUT2D eigenvalue weighted by atomic mass is 15.3. The average Bonchev–Trinajstić information content (AvgIpc) is 3.06. The number of rotatable bonds is 6. The maximum Gasteiger partial charge on any atom is 0.130 e. The van der Waals surface area contributed by atoms with Crippen LogP contribution in [0.4, 0.5) is 5.82 Å². The topological polar surface area (TPSA) is 61.7 Å². The van der Waals surface area contributed by atoms with Crippen molar-refractivity contribution < 1.29 is 0 Å². The molecule has 5 heteroatoms. The van der Waals surface area contributed by atoms with Crippen molar-refractivity contribution in [3.63, 3.8) is 0 Å².